The van der Waals surface area contributed by atoms with E-state index in [1.54, 1.807) is 32.4 Å². The highest BCUT2D eigenvalue weighted by molar-refractivity contribution is 6.32. The second-order valence-corrected chi connectivity index (χ2v) is 5.96. The zero-order valence-electron chi connectivity index (χ0n) is 15.3. The van der Waals surface area contributed by atoms with E-state index in [1.807, 2.05) is 37.3 Å². The first-order valence-electron chi connectivity index (χ1n) is 8.39. The molecule has 0 spiro atoms. The first kappa shape index (κ1) is 18.8. The smallest absolute Gasteiger partial charge is 0.231 e. The van der Waals surface area contributed by atoms with E-state index < -0.39 is 0 Å². The fraction of sp³-hybridized carbons (Fsp3) is 0.200. The van der Waals surface area contributed by atoms with E-state index in [2.05, 4.69) is 15.3 Å². The Balaban J connectivity index is 1.94. The molecule has 1 heterocycles. The average molecular weight is 386 g/mol. The summed E-state index contributed by atoms with van der Waals surface area (Å²) in [7, 11) is 3.21. The van der Waals surface area contributed by atoms with Gasteiger partial charge in [0, 0.05) is 17.3 Å². The van der Waals surface area contributed by atoms with Crippen molar-refractivity contribution >= 4 is 23.2 Å². The molecule has 0 unspecified atom stereocenters. The minimum atomic E-state index is 0.410. The van der Waals surface area contributed by atoms with Gasteiger partial charge in [0.25, 0.3) is 0 Å². The maximum atomic E-state index is 6.19. The van der Waals surface area contributed by atoms with E-state index in [0.717, 1.165) is 22.7 Å². The Labute approximate surface area is 163 Å². The first-order chi connectivity index (χ1) is 13.1. The molecule has 0 aliphatic heterocycles. The molecule has 0 fully saturated rings. The third kappa shape index (κ3) is 4.60. The summed E-state index contributed by atoms with van der Waals surface area (Å²) in [4.78, 5) is 9.00. The van der Waals surface area contributed by atoms with Crippen molar-refractivity contribution in [2.75, 3.05) is 26.1 Å². The predicted molar refractivity (Wildman–Crippen MR) is 106 cm³/mol. The summed E-state index contributed by atoms with van der Waals surface area (Å²) >= 11 is 6.19. The molecule has 0 saturated carbocycles. The molecular weight excluding hydrogens is 366 g/mol. The second kappa shape index (κ2) is 8.60. The molecule has 7 heteroatoms. The van der Waals surface area contributed by atoms with E-state index in [0.29, 0.717) is 29.2 Å². The molecule has 0 radical (unpaired) electrons. The van der Waals surface area contributed by atoms with Crippen LogP contribution in [0.25, 0.3) is 11.3 Å². The fourth-order valence-electron chi connectivity index (χ4n) is 2.49. The van der Waals surface area contributed by atoms with Gasteiger partial charge < -0.3 is 19.5 Å². The molecule has 140 valence electrons. The lowest BCUT2D eigenvalue weighted by Gasteiger charge is -2.11. The zero-order valence-corrected chi connectivity index (χ0v) is 16.1. The summed E-state index contributed by atoms with van der Waals surface area (Å²) in [6, 6.07) is 14.8. The highest BCUT2D eigenvalue weighted by atomic mass is 35.5. The number of methoxy groups -OCH3 is 2. The van der Waals surface area contributed by atoms with Gasteiger partial charge in [-0.05, 0) is 49.4 Å². The van der Waals surface area contributed by atoms with Crippen LogP contribution in [0, 0.1) is 0 Å². The van der Waals surface area contributed by atoms with Crippen LogP contribution in [0.4, 0.5) is 11.6 Å². The van der Waals surface area contributed by atoms with Crippen LogP contribution in [0.1, 0.15) is 6.92 Å². The number of ether oxygens (including phenoxy) is 3. The maximum Gasteiger partial charge on any atom is 0.231 e. The standard InChI is InChI=1S/C20H20ClN3O3/c1-4-27-19-12-17(13-5-8-15(25-2)9-6-13)23-20(24-19)22-14-7-10-18(26-3)16(21)11-14/h5-12H,4H2,1-3H3,(H,22,23,24). The second-order valence-electron chi connectivity index (χ2n) is 5.55. The summed E-state index contributed by atoms with van der Waals surface area (Å²) in [5.74, 6) is 2.28. The average Bonchev–Trinajstić information content (AvgIpc) is 2.68. The van der Waals surface area contributed by atoms with Crippen molar-refractivity contribution < 1.29 is 14.2 Å². The lowest BCUT2D eigenvalue weighted by atomic mass is 10.1. The number of aromatic nitrogens is 2. The van der Waals surface area contributed by atoms with E-state index >= 15 is 0 Å². The van der Waals surface area contributed by atoms with Crippen LogP contribution in [0.15, 0.2) is 48.5 Å². The van der Waals surface area contributed by atoms with Gasteiger partial charge in [0.2, 0.25) is 11.8 Å². The number of benzene rings is 2. The highest BCUT2D eigenvalue weighted by Gasteiger charge is 2.10. The molecule has 3 aromatic rings. The van der Waals surface area contributed by atoms with Crippen LogP contribution < -0.4 is 19.5 Å². The molecule has 2 aromatic carbocycles. The molecule has 0 aliphatic rings. The van der Waals surface area contributed by atoms with Gasteiger partial charge in [-0.2, -0.15) is 4.98 Å². The molecule has 6 nitrogen and oxygen atoms in total. The number of halogens is 1. The molecule has 27 heavy (non-hydrogen) atoms. The first-order valence-corrected chi connectivity index (χ1v) is 8.77. The Morgan fingerprint density at radius 1 is 0.963 bits per heavy atom. The number of anilines is 2. The minimum absolute atomic E-state index is 0.410. The van der Waals surface area contributed by atoms with Gasteiger partial charge in [0.15, 0.2) is 0 Å². The Morgan fingerprint density at radius 3 is 2.37 bits per heavy atom. The third-order valence-electron chi connectivity index (χ3n) is 3.79. The highest BCUT2D eigenvalue weighted by Crippen LogP contribution is 2.30. The van der Waals surface area contributed by atoms with Gasteiger partial charge >= 0.3 is 0 Å². The largest absolute Gasteiger partial charge is 0.497 e. The normalized spacial score (nSPS) is 10.4. The summed E-state index contributed by atoms with van der Waals surface area (Å²) in [5, 5.41) is 3.66. The molecule has 0 saturated heterocycles. The molecular formula is C20H20ClN3O3. The summed E-state index contributed by atoms with van der Waals surface area (Å²) in [6.45, 7) is 2.42. The SMILES string of the molecule is CCOc1cc(-c2ccc(OC)cc2)nc(Nc2ccc(OC)c(Cl)c2)n1. The van der Waals surface area contributed by atoms with Gasteiger partial charge in [-0.15, -0.1) is 0 Å². The van der Waals surface area contributed by atoms with Crippen LogP contribution in [-0.4, -0.2) is 30.8 Å². The summed E-state index contributed by atoms with van der Waals surface area (Å²) < 4.78 is 16.0. The van der Waals surface area contributed by atoms with E-state index in [4.69, 9.17) is 25.8 Å². The van der Waals surface area contributed by atoms with Crippen LogP contribution in [-0.2, 0) is 0 Å². The lowest BCUT2D eigenvalue weighted by Crippen LogP contribution is -2.02. The molecule has 0 atom stereocenters. The molecule has 3 rings (SSSR count). The van der Waals surface area contributed by atoms with E-state index in [9.17, 15) is 0 Å². The predicted octanol–water partition coefficient (Wildman–Crippen LogP) is 4.96. The van der Waals surface area contributed by atoms with Crippen molar-refractivity contribution in [3.05, 3.63) is 53.6 Å². The Kier molecular flexibility index (Phi) is 5.98. The molecule has 1 N–H and O–H groups in total. The molecule has 0 aliphatic carbocycles. The topological polar surface area (TPSA) is 65.5 Å². The monoisotopic (exact) mass is 385 g/mol. The van der Waals surface area contributed by atoms with Gasteiger partial charge in [-0.1, -0.05) is 11.6 Å². The van der Waals surface area contributed by atoms with Crippen molar-refractivity contribution in [2.45, 2.75) is 6.92 Å². The van der Waals surface area contributed by atoms with Gasteiger partial charge in [-0.25, -0.2) is 4.98 Å². The zero-order chi connectivity index (χ0) is 19.2. The van der Waals surface area contributed by atoms with Gasteiger partial charge in [-0.3, -0.25) is 0 Å². The molecule has 1 aromatic heterocycles. The lowest BCUT2D eigenvalue weighted by molar-refractivity contribution is 0.327. The van der Waals surface area contributed by atoms with Crippen LogP contribution in [0.2, 0.25) is 5.02 Å². The van der Waals surface area contributed by atoms with Crippen molar-refractivity contribution in [3.63, 3.8) is 0 Å². The van der Waals surface area contributed by atoms with Gasteiger partial charge in [0.1, 0.15) is 11.5 Å². The molecule has 0 bridgehead atoms. The Bertz CT molecular complexity index is 917. The minimum Gasteiger partial charge on any atom is -0.497 e. The Hall–Kier alpha value is -2.99. The van der Waals surface area contributed by atoms with Gasteiger partial charge in [0.05, 0.1) is 31.5 Å². The van der Waals surface area contributed by atoms with Crippen molar-refractivity contribution in [1.82, 2.24) is 9.97 Å². The van der Waals surface area contributed by atoms with Crippen molar-refractivity contribution in [1.29, 1.82) is 0 Å². The number of hydrogen-bond acceptors (Lipinski definition) is 6. The van der Waals surface area contributed by atoms with Crippen LogP contribution in [0.3, 0.4) is 0 Å². The summed E-state index contributed by atoms with van der Waals surface area (Å²) in [6.07, 6.45) is 0. The number of rotatable bonds is 7. The number of nitrogens with zero attached hydrogens (tertiary/aromatic N) is 2. The Morgan fingerprint density at radius 2 is 1.74 bits per heavy atom. The van der Waals surface area contributed by atoms with Crippen molar-refractivity contribution in [3.8, 4) is 28.6 Å². The van der Waals surface area contributed by atoms with Crippen molar-refractivity contribution in [2.24, 2.45) is 0 Å². The van der Waals surface area contributed by atoms with E-state index in [-0.39, 0.29) is 0 Å². The van der Waals surface area contributed by atoms with E-state index in [1.165, 1.54) is 0 Å². The number of nitrogens with one attached hydrogen (secondary N) is 1. The van der Waals surface area contributed by atoms with Crippen LogP contribution >= 0.6 is 11.6 Å². The fourth-order valence-corrected chi connectivity index (χ4v) is 2.74. The third-order valence-corrected chi connectivity index (χ3v) is 4.08. The molecule has 0 amide bonds. The van der Waals surface area contributed by atoms with Crippen LogP contribution in [0.5, 0.6) is 17.4 Å². The quantitative estimate of drug-likeness (QED) is 0.620. The maximum absolute atomic E-state index is 6.19. The summed E-state index contributed by atoms with van der Waals surface area (Å²) in [5.41, 5.74) is 2.41. The number of hydrogen-bond donors (Lipinski definition) is 1.